The molecule has 3 aliphatic rings. The molecule has 4 unspecified atom stereocenters. The Morgan fingerprint density at radius 2 is 2.13 bits per heavy atom. The third kappa shape index (κ3) is 2.20. The number of amides is 2. The molecule has 8 nitrogen and oxygen atoms in total. The van der Waals surface area contributed by atoms with Crippen molar-refractivity contribution in [1.82, 2.24) is 20.2 Å². The maximum absolute atomic E-state index is 13.6. The van der Waals surface area contributed by atoms with Crippen LogP contribution in [0.15, 0.2) is 55.1 Å². The minimum atomic E-state index is -0.753. The van der Waals surface area contributed by atoms with Crippen LogP contribution in [-0.4, -0.2) is 38.9 Å². The minimum Gasteiger partial charge on any atom is -0.627 e. The summed E-state index contributed by atoms with van der Waals surface area (Å²) >= 11 is 0. The van der Waals surface area contributed by atoms with Crippen LogP contribution in [0.25, 0.3) is 6.08 Å². The van der Waals surface area contributed by atoms with Crippen LogP contribution in [0.2, 0.25) is 0 Å². The van der Waals surface area contributed by atoms with Crippen LogP contribution >= 0.6 is 0 Å². The fourth-order valence-corrected chi connectivity index (χ4v) is 5.40. The van der Waals surface area contributed by atoms with Crippen LogP contribution in [-0.2, 0) is 15.0 Å². The van der Waals surface area contributed by atoms with Gasteiger partial charge >= 0.3 is 0 Å². The molecule has 30 heavy (non-hydrogen) atoms. The summed E-state index contributed by atoms with van der Waals surface area (Å²) in [6, 6.07) is 6.77. The molecule has 2 fully saturated rings. The van der Waals surface area contributed by atoms with Crippen molar-refractivity contribution in [1.29, 1.82) is 0 Å². The van der Waals surface area contributed by atoms with Crippen LogP contribution in [0, 0.1) is 10.6 Å². The van der Waals surface area contributed by atoms with Gasteiger partial charge in [0, 0.05) is 11.0 Å². The van der Waals surface area contributed by atoms with Gasteiger partial charge in [-0.05, 0) is 18.6 Å². The van der Waals surface area contributed by atoms with Crippen molar-refractivity contribution in [3.8, 4) is 0 Å². The molecule has 1 aromatic heterocycles. The van der Waals surface area contributed by atoms with E-state index in [1.165, 1.54) is 11.2 Å². The van der Waals surface area contributed by atoms with Gasteiger partial charge in [0.2, 0.25) is 5.91 Å². The van der Waals surface area contributed by atoms with Crippen LogP contribution in [0.4, 0.5) is 5.69 Å². The summed E-state index contributed by atoms with van der Waals surface area (Å²) in [5.41, 5.74) is 0.994. The molecule has 5 rings (SSSR count). The maximum atomic E-state index is 13.6. The summed E-state index contributed by atoms with van der Waals surface area (Å²) < 4.78 is 0. The smallest absolute Gasteiger partial charge is 0.275 e. The SMILES string of the molecule is C=CC(C)(C)C12CC3C(=O)NC(=Cc4cnc[nH]4)C(=O)N3C1[NH+]([O-])c1ccccc12. The Balaban J connectivity index is 1.69. The Hall–Kier alpha value is -3.23. The Bertz CT molecular complexity index is 1090. The third-order valence-corrected chi connectivity index (χ3v) is 7.02. The topological polar surface area (TPSA) is 106 Å². The van der Waals surface area contributed by atoms with Gasteiger partial charge in [0.05, 0.1) is 23.6 Å². The van der Waals surface area contributed by atoms with Crippen molar-refractivity contribution in [3.63, 3.8) is 0 Å². The van der Waals surface area contributed by atoms with E-state index in [4.69, 9.17) is 0 Å². The number of carbonyl (C=O) groups is 2. The number of imidazole rings is 1. The zero-order valence-electron chi connectivity index (χ0n) is 16.8. The normalized spacial score (nSPS) is 31.4. The molecule has 4 atom stereocenters. The molecule has 2 amide bonds. The van der Waals surface area contributed by atoms with Gasteiger partial charge in [-0.15, -0.1) is 6.58 Å². The third-order valence-electron chi connectivity index (χ3n) is 7.02. The van der Waals surface area contributed by atoms with E-state index in [-0.39, 0.29) is 22.6 Å². The van der Waals surface area contributed by atoms with Crippen LogP contribution in [0.3, 0.4) is 0 Å². The number of H-pyrrole nitrogens is 1. The summed E-state index contributed by atoms with van der Waals surface area (Å²) in [7, 11) is 0. The molecular weight excluding hydrogens is 382 g/mol. The first-order chi connectivity index (χ1) is 14.3. The molecule has 2 saturated heterocycles. The van der Waals surface area contributed by atoms with Crippen molar-refractivity contribution in [3.05, 3.63) is 71.6 Å². The van der Waals surface area contributed by atoms with E-state index in [0.29, 0.717) is 17.8 Å². The van der Waals surface area contributed by atoms with Crippen LogP contribution in [0.5, 0.6) is 0 Å². The van der Waals surface area contributed by atoms with Gasteiger partial charge in [-0.1, -0.05) is 38.1 Å². The Morgan fingerprint density at radius 1 is 1.37 bits per heavy atom. The van der Waals surface area contributed by atoms with E-state index in [1.54, 1.807) is 12.3 Å². The minimum absolute atomic E-state index is 0.119. The first-order valence-corrected chi connectivity index (χ1v) is 9.93. The number of hydrogen-bond donors (Lipinski definition) is 3. The van der Waals surface area contributed by atoms with E-state index in [9.17, 15) is 14.8 Å². The summed E-state index contributed by atoms with van der Waals surface area (Å²) in [5.74, 6) is -0.638. The molecule has 1 aromatic carbocycles. The fraction of sp³-hybridized carbons (Fsp3) is 0.318. The summed E-state index contributed by atoms with van der Waals surface area (Å²) in [6.07, 6.45) is 6.05. The van der Waals surface area contributed by atoms with E-state index >= 15 is 0 Å². The molecule has 0 spiro atoms. The van der Waals surface area contributed by atoms with Gasteiger partial charge < -0.3 is 20.6 Å². The van der Waals surface area contributed by atoms with Gasteiger partial charge in [-0.25, -0.2) is 4.98 Å². The summed E-state index contributed by atoms with van der Waals surface area (Å²) in [4.78, 5) is 34.9. The second kappa shape index (κ2) is 6.13. The lowest BCUT2D eigenvalue weighted by molar-refractivity contribution is -0.817. The average Bonchev–Trinajstić information content (AvgIpc) is 3.42. The van der Waals surface area contributed by atoms with Crippen LogP contribution in [0.1, 0.15) is 31.5 Å². The first-order valence-electron chi connectivity index (χ1n) is 9.93. The lowest BCUT2D eigenvalue weighted by Gasteiger charge is -2.43. The number of carbonyl (C=O) groups excluding carboxylic acids is 2. The van der Waals surface area contributed by atoms with Gasteiger partial charge in [-0.3, -0.25) is 14.5 Å². The highest BCUT2D eigenvalue weighted by atomic mass is 16.5. The second-order valence-corrected chi connectivity index (χ2v) is 8.70. The molecule has 3 N–H and O–H groups in total. The molecule has 154 valence electrons. The summed E-state index contributed by atoms with van der Waals surface area (Å²) in [5, 5.41) is 16.2. The number of rotatable bonds is 3. The molecule has 0 bridgehead atoms. The predicted molar refractivity (Wildman–Crippen MR) is 110 cm³/mol. The van der Waals surface area contributed by atoms with Crippen LogP contribution < -0.4 is 10.4 Å². The van der Waals surface area contributed by atoms with Crippen molar-refractivity contribution >= 4 is 23.6 Å². The average molecular weight is 405 g/mol. The predicted octanol–water partition coefficient (Wildman–Crippen LogP) is 0.985. The monoisotopic (exact) mass is 405 g/mol. The number of piperazine rings is 1. The number of benzene rings is 1. The zero-order chi connectivity index (χ0) is 21.3. The van der Waals surface area contributed by atoms with Crippen molar-refractivity contribution in [2.24, 2.45) is 5.41 Å². The molecule has 3 aliphatic heterocycles. The molecular formula is C22H23N5O3. The highest BCUT2D eigenvalue weighted by Crippen LogP contribution is 2.58. The van der Waals surface area contributed by atoms with E-state index in [2.05, 4.69) is 21.9 Å². The van der Waals surface area contributed by atoms with Gasteiger partial charge in [0.15, 0.2) is 6.17 Å². The van der Waals surface area contributed by atoms with Gasteiger partial charge in [0.1, 0.15) is 17.4 Å². The Labute approximate surface area is 173 Å². The molecule has 0 radical (unpaired) electrons. The first kappa shape index (κ1) is 18.8. The number of allylic oxidation sites excluding steroid dienone is 1. The second-order valence-electron chi connectivity index (χ2n) is 8.70. The number of quaternary nitrogens is 1. The quantitative estimate of drug-likeness (QED) is 0.402. The number of nitrogens with one attached hydrogen (secondary N) is 3. The Kier molecular flexibility index (Phi) is 3.84. The van der Waals surface area contributed by atoms with Gasteiger partial charge in [0.25, 0.3) is 5.91 Å². The highest BCUT2D eigenvalue weighted by molar-refractivity contribution is 6.08. The Morgan fingerprint density at radius 3 is 2.83 bits per heavy atom. The zero-order valence-corrected chi connectivity index (χ0v) is 16.8. The lowest BCUT2D eigenvalue weighted by atomic mass is 9.60. The fourth-order valence-electron chi connectivity index (χ4n) is 5.40. The number of hydroxylamine groups is 1. The van der Waals surface area contributed by atoms with Gasteiger partial charge in [-0.2, -0.15) is 0 Å². The van der Waals surface area contributed by atoms with E-state index in [1.807, 2.05) is 44.2 Å². The number of para-hydroxylation sites is 1. The molecule has 4 heterocycles. The largest absolute Gasteiger partial charge is 0.627 e. The van der Waals surface area contributed by atoms with E-state index in [0.717, 1.165) is 5.56 Å². The molecule has 2 aromatic rings. The van der Waals surface area contributed by atoms with E-state index < -0.39 is 23.0 Å². The molecule has 8 heteroatoms. The van der Waals surface area contributed by atoms with Crippen molar-refractivity contribution in [2.75, 3.05) is 0 Å². The maximum Gasteiger partial charge on any atom is 0.275 e. The molecule has 0 saturated carbocycles. The number of fused-ring (bicyclic) bond motifs is 5. The van der Waals surface area contributed by atoms with Crippen molar-refractivity contribution < 1.29 is 14.7 Å². The lowest BCUT2D eigenvalue weighted by Crippen LogP contribution is -3.09. The van der Waals surface area contributed by atoms with Crippen molar-refractivity contribution in [2.45, 2.75) is 37.9 Å². The molecule has 0 aliphatic carbocycles. The summed E-state index contributed by atoms with van der Waals surface area (Å²) in [6.45, 7) is 8.05. The number of hydrogen-bond acceptors (Lipinski definition) is 4. The number of aromatic amines is 1. The number of aromatic nitrogens is 2. The highest BCUT2D eigenvalue weighted by Gasteiger charge is 2.70. The number of nitrogens with zero attached hydrogens (tertiary/aromatic N) is 2. The standard InChI is InChI=1S/C22H23N5O3/c1-4-21(2,3)22-10-17-18(28)25-15(9-13-11-23-12-24-13)19(29)26(17)20(22)27(30)16-8-6-5-7-14(16)22/h4-9,11-12,17,20,27H,1,10H2,2-3H3,(H,23,24)(H,25,28).